The number of nitrogens with one attached hydrogen (secondary N) is 2. The highest BCUT2D eigenvalue weighted by atomic mass is 32.2. The van der Waals surface area contributed by atoms with E-state index in [0.29, 0.717) is 6.54 Å². The molecule has 9 heteroatoms. The van der Waals surface area contributed by atoms with Crippen LogP contribution in [0.4, 0.5) is 23.7 Å². The van der Waals surface area contributed by atoms with Crippen molar-refractivity contribution in [1.82, 2.24) is 15.1 Å². The van der Waals surface area contributed by atoms with Crippen molar-refractivity contribution in [1.29, 1.82) is 0 Å². The molecule has 0 aromatic carbocycles. The molecule has 0 unspecified atom stereocenters. The van der Waals surface area contributed by atoms with Gasteiger partial charge in [-0.05, 0) is 20.1 Å². The molecule has 0 aliphatic rings. The summed E-state index contributed by atoms with van der Waals surface area (Å²) in [6.07, 6.45) is -0.105. The number of nitrogens with zero attached hydrogens (tertiary/aromatic N) is 2. The van der Waals surface area contributed by atoms with Crippen LogP contribution in [0.1, 0.15) is 13.8 Å². The highest BCUT2D eigenvalue weighted by molar-refractivity contribution is 7.99. The van der Waals surface area contributed by atoms with Crippen LogP contribution in [0.2, 0.25) is 0 Å². The molecule has 0 saturated carbocycles. The SMILES string of the molecule is CSC(C)(C)CNC(=O)Nc1cnn(CC(F)(F)F)c1. The normalized spacial score (nSPS) is 12.3. The Morgan fingerprint density at radius 1 is 1.45 bits per heavy atom. The van der Waals surface area contributed by atoms with E-state index in [4.69, 9.17) is 0 Å². The minimum Gasteiger partial charge on any atom is -0.336 e. The number of urea groups is 1. The molecule has 1 rings (SSSR count). The Kier molecular flexibility index (Phi) is 5.32. The van der Waals surface area contributed by atoms with Crippen LogP contribution in [0.3, 0.4) is 0 Å². The Morgan fingerprint density at radius 3 is 2.65 bits per heavy atom. The van der Waals surface area contributed by atoms with Crippen LogP contribution in [0.5, 0.6) is 0 Å². The Morgan fingerprint density at radius 2 is 2.10 bits per heavy atom. The fourth-order valence-corrected chi connectivity index (χ4v) is 1.46. The summed E-state index contributed by atoms with van der Waals surface area (Å²) in [5, 5.41) is 8.61. The van der Waals surface area contributed by atoms with E-state index in [9.17, 15) is 18.0 Å². The number of thioether (sulfide) groups is 1. The number of alkyl halides is 3. The summed E-state index contributed by atoms with van der Waals surface area (Å²) < 4.78 is 37.0. The lowest BCUT2D eigenvalue weighted by atomic mass is 10.2. The Bertz CT molecular complexity index is 459. The highest BCUT2D eigenvalue weighted by Gasteiger charge is 2.28. The summed E-state index contributed by atoms with van der Waals surface area (Å²) in [6.45, 7) is 3.20. The Hall–Kier alpha value is -1.38. The minimum absolute atomic E-state index is 0.113. The predicted molar refractivity (Wildman–Crippen MR) is 72.9 cm³/mol. The van der Waals surface area contributed by atoms with Gasteiger partial charge in [0.15, 0.2) is 0 Å². The maximum atomic E-state index is 12.1. The standard InChI is InChI=1S/C11H17F3N4OS/c1-10(2,20-3)6-15-9(19)17-8-4-16-18(5-8)7-11(12,13)14/h4-5H,6-7H2,1-3H3,(H2,15,17,19). The lowest BCUT2D eigenvalue weighted by molar-refractivity contribution is -0.142. The lowest BCUT2D eigenvalue weighted by Gasteiger charge is -2.22. The maximum Gasteiger partial charge on any atom is 0.408 e. The van der Waals surface area contributed by atoms with E-state index in [1.54, 1.807) is 11.8 Å². The molecular weight excluding hydrogens is 293 g/mol. The van der Waals surface area contributed by atoms with Crippen LogP contribution >= 0.6 is 11.8 Å². The molecule has 5 nitrogen and oxygen atoms in total. The van der Waals surface area contributed by atoms with Gasteiger partial charge in [0.25, 0.3) is 0 Å². The molecule has 0 fully saturated rings. The van der Waals surface area contributed by atoms with Crippen LogP contribution in [0, 0.1) is 0 Å². The van der Waals surface area contributed by atoms with Gasteiger partial charge in [0.05, 0.1) is 11.9 Å². The third kappa shape index (κ3) is 6.18. The number of anilines is 1. The van der Waals surface area contributed by atoms with E-state index in [1.807, 2.05) is 20.1 Å². The summed E-state index contributed by atoms with van der Waals surface area (Å²) >= 11 is 1.60. The summed E-state index contributed by atoms with van der Waals surface area (Å²) in [6, 6.07) is -0.473. The maximum absolute atomic E-state index is 12.1. The number of carbonyl (C=O) groups excluding carboxylic acids is 1. The van der Waals surface area contributed by atoms with E-state index in [0.717, 1.165) is 10.9 Å². The topological polar surface area (TPSA) is 59.0 Å². The molecule has 0 spiro atoms. The molecule has 20 heavy (non-hydrogen) atoms. The molecular formula is C11H17F3N4OS. The number of carbonyl (C=O) groups is 1. The quantitative estimate of drug-likeness (QED) is 0.879. The first-order valence-corrected chi connectivity index (χ1v) is 7.03. The Labute approximate surface area is 119 Å². The fourth-order valence-electron chi connectivity index (χ4n) is 1.24. The van der Waals surface area contributed by atoms with Gasteiger partial charge >= 0.3 is 12.2 Å². The van der Waals surface area contributed by atoms with Crippen molar-refractivity contribution in [2.24, 2.45) is 0 Å². The first-order valence-electron chi connectivity index (χ1n) is 5.80. The zero-order valence-corrected chi connectivity index (χ0v) is 12.2. The molecule has 0 saturated heterocycles. The Balaban J connectivity index is 2.47. The number of hydrogen-bond donors (Lipinski definition) is 2. The number of halogens is 3. The summed E-state index contributed by atoms with van der Waals surface area (Å²) in [7, 11) is 0. The molecule has 1 aromatic heterocycles. The van der Waals surface area contributed by atoms with Crippen LogP contribution < -0.4 is 10.6 Å². The second-order valence-electron chi connectivity index (χ2n) is 4.81. The largest absolute Gasteiger partial charge is 0.408 e. The zero-order valence-electron chi connectivity index (χ0n) is 11.4. The first kappa shape index (κ1) is 16.7. The second-order valence-corrected chi connectivity index (χ2v) is 6.33. The highest BCUT2D eigenvalue weighted by Crippen LogP contribution is 2.20. The minimum atomic E-state index is -4.34. The second kappa shape index (κ2) is 6.38. The van der Waals surface area contributed by atoms with Gasteiger partial charge in [-0.3, -0.25) is 4.68 Å². The molecule has 2 N–H and O–H groups in total. The molecule has 0 radical (unpaired) electrons. The van der Waals surface area contributed by atoms with Crippen molar-refractivity contribution in [3.8, 4) is 0 Å². The summed E-state index contributed by atoms with van der Waals surface area (Å²) in [5.74, 6) is 0. The predicted octanol–water partition coefficient (Wildman–Crippen LogP) is 2.71. The lowest BCUT2D eigenvalue weighted by Crippen LogP contribution is -2.38. The van der Waals surface area contributed by atoms with Crippen LogP contribution in [0.15, 0.2) is 12.4 Å². The van der Waals surface area contributed by atoms with Gasteiger partial charge in [-0.15, -0.1) is 0 Å². The molecule has 0 aliphatic carbocycles. The van der Waals surface area contributed by atoms with Gasteiger partial charge < -0.3 is 10.6 Å². The van der Waals surface area contributed by atoms with Gasteiger partial charge in [-0.2, -0.15) is 30.0 Å². The van der Waals surface area contributed by atoms with E-state index in [2.05, 4.69) is 15.7 Å². The fraction of sp³-hybridized carbons (Fsp3) is 0.636. The first-order chi connectivity index (χ1) is 9.11. The third-order valence-electron chi connectivity index (χ3n) is 2.46. The summed E-state index contributed by atoms with van der Waals surface area (Å²) in [5.41, 5.74) is 0.216. The van der Waals surface area contributed by atoms with Gasteiger partial charge in [-0.1, -0.05) is 0 Å². The molecule has 0 atom stereocenters. The monoisotopic (exact) mass is 310 g/mol. The van der Waals surface area contributed by atoms with Crippen molar-refractivity contribution in [2.75, 3.05) is 18.1 Å². The number of aromatic nitrogens is 2. The van der Waals surface area contributed by atoms with Crippen LogP contribution in [-0.4, -0.2) is 39.5 Å². The van der Waals surface area contributed by atoms with Crippen molar-refractivity contribution in [3.63, 3.8) is 0 Å². The molecule has 1 heterocycles. The summed E-state index contributed by atoms with van der Waals surface area (Å²) in [4.78, 5) is 11.6. The van der Waals surface area contributed by atoms with Crippen molar-refractivity contribution in [2.45, 2.75) is 31.3 Å². The van der Waals surface area contributed by atoms with Crippen LogP contribution in [-0.2, 0) is 6.54 Å². The molecule has 0 aliphatic heterocycles. The number of amides is 2. The van der Waals surface area contributed by atoms with Crippen LogP contribution in [0.25, 0.3) is 0 Å². The van der Waals surface area contributed by atoms with E-state index < -0.39 is 18.8 Å². The average Bonchev–Trinajstić information content (AvgIpc) is 2.71. The van der Waals surface area contributed by atoms with E-state index >= 15 is 0 Å². The smallest absolute Gasteiger partial charge is 0.336 e. The zero-order chi connectivity index (χ0) is 15.4. The van der Waals surface area contributed by atoms with Gasteiger partial charge in [0, 0.05) is 17.5 Å². The van der Waals surface area contributed by atoms with Gasteiger partial charge in [-0.25, -0.2) is 4.79 Å². The van der Waals surface area contributed by atoms with E-state index in [1.165, 1.54) is 6.20 Å². The number of rotatable bonds is 5. The molecule has 1 aromatic rings. The molecule has 114 valence electrons. The van der Waals surface area contributed by atoms with Gasteiger partial charge in [0.1, 0.15) is 6.54 Å². The van der Waals surface area contributed by atoms with Crippen molar-refractivity contribution < 1.29 is 18.0 Å². The molecule has 0 bridgehead atoms. The van der Waals surface area contributed by atoms with Crippen molar-refractivity contribution >= 4 is 23.5 Å². The van der Waals surface area contributed by atoms with Gasteiger partial charge in [0.2, 0.25) is 0 Å². The third-order valence-corrected chi connectivity index (χ3v) is 3.71. The van der Waals surface area contributed by atoms with E-state index in [-0.39, 0.29) is 10.4 Å². The number of hydrogen-bond acceptors (Lipinski definition) is 3. The molecule has 2 amide bonds. The van der Waals surface area contributed by atoms with Crippen molar-refractivity contribution in [3.05, 3.63) is 12.4 Å². The average molecular weight is 310 g/mol.